The third-order valence-corrected chi connectivity index (χ3v) is 4.52. The lowest BCUT2D eigenvalue weighted by molar-refractivity contribution is -0.132. The summed E-state index contributed by atoms with van der Waals surface area (Å²) in [5.74, 6) is 0.423. The molecule has 23 heavy (non-hydrogen) atoms. The molecule has 0 saturated carbocycles. The van der Waals surface area contributed by atoms with E-state index in [2.05, 4.69) is 18.7 Å². The molecule has 1 fully saturated rings. The van der Waals surface area contributed by atoms with Crippen LogP contribution in [0.2, 0.25) is 0 Å². The van der Waals surface area contributed by atoms with Gasteiger partial charge in [0.05, 0.1) is 6.54 Å². The quantitative estimate of drug-likeness (QED) is 0.726. The van der Waals surface area contributed by atoms with Gasteiger partial charge in [0.2, 0.25) is 5.91 Å². The number of ketones is 1. The zero-order valence-corrected chi connectivity index (χ0v) is 14.4. The maximum atomic E-state index is 12.3. The minimum Gasteiger partial charge on any atom is -0.340 e. The van der Waals surface area contributed by atoms with E-state index in [9.17, 15) is 9.59 Å². The van der Waals surface area contributed by atoms with Crippen molar-refractivity contribution in [2.75, 3.05) is 32.7 Å². The Morgan fingerprint density at radius 1 is 1.00 bits per heavy atom. The summed E-state index contributed by atoms with van der Waals surface area (Å²) in [4.78, 5) is 28.4. The van der Waals surface area contributed by atoms with Crippen molar-refractivity contribution >= 4 is 11.7 Å². The molecule has 0 atom stereocenters. The number of carbonyl (C=O) groups is 2. The van der Waals surface area contributed by atoms with E-state index in [1.54, 1.807) is 0 Å². The first-order chi connectivity index (χ1) is 11.1. The van der Waals surface area contributed by atoms with Crippen LogP contribution in [0.15, 0.2) is 24.3 Å². The van der Waals surface area contributed by atoms with E-state index in [1.165, 1.54) is 5.56 Å². The molecule has 0 aromatic heterocycles. The number of carbonyl (C=O) groups excluding carboxylic acids is 2. The number of aryl methyl sites for hydroxylation is 1. The molecule has 1 aromatic carbocycles. The standard InChI is InChI=1S/C19H28N2O2/c1-3-5-6-19(23)21-13-11-20(12-14-21)15-18(22)17-9-7-16(4-2)8-10-17/h7-10H,3-6,11-15H2,1-2H3. The maximum absolute atomic E-state index is 12.3. The van der Waals surface area contributed by atoms with E-state index in [0.29, 0.717) is 13.0 Å². The fraction of sp³-hybridized carbons (Fsp3) is 0.579. The van der Waals surface area contributed by atoms with Gasteiger partial charge in [-0.2, -0.15) is 0 Å². The van der Waals surface area contributed by atoms with E-state index in [0.717, 1.165) is 51.0 Å². The molecule has 1 aliphatic rings. The second kappa shape index (κ2) is 8.82. The van der Waals surface area contributed by atoms with Crippen LogP contribution in [0.25, 0.3) is 0 Å². The summed E-state index contributed by atoms with van der Waals surface area (Å²) in [5, 5.41) is 0. The summed E-state index contributed by atoms with van der Waals surface area (Å²) in [5.41, 5.74) is 2.03. The van der Waals surface area contributed by atoms with Gasteiger partial charge in [0.25, 0.3) is 0 Å². The fourth-order valence-electron chi connectivity index (χ4n) is 2.86. The molecule has 4 heteroatoms. The highest BCUT2D eigenvalue weighted by molar-refractivity contribution is 5.97. The van der Waals surface area contributed by atoms with Crippen LogP contribution in [0, 0.1) is 0 Å². The summed E-state index contributed by atoms with van der Waals surface area (Å²) in [6, 6.07) is 7.90. The molecule has 0 radical (unpaired) electrons. The highest BCUT2D eigenvalue weighted by Crippen LogP contribution is 2.10. The number of Topliss-reactive ketones (excluding diaryl/α,β-unsaturated/α-hetero) is 1. The molecular formula is C19H28N2O2. The molecule has 1 saturated heterocycles. The predicted molar refractivity (Wildman–Crippen MR) is 92.7 cm³/mol. The number of nitrogens with zero attached hydrogens (tertiary/aromatic N) is 2. The van der Waals surface area contributed by atoms with Gasteiger partial charge in [-0.25, -0.2) is 0 Å². The van der Waals surface area contributed by atoms with Crippen molar-refractivity contribution in [3.05, 3.63) is 35.4 Å². The molecule has 126 valence electrons. The lowest BCUT2D eigenvalue weighted by Crippen LogP contribution is -2.49. The molecule has 1 aliphatic heterocycles. The third-order valence-electron chi connectivity index (χ3n) is 4.52. The van der Waals surface area contributed by atoms with Gasteiger partial charge in [-0.3, -0.25) is 14.5 Å². The number of hydrogen-bond donors (Lipinski definition) is 0. The number of amides is 1. The van der Waals surface area contributed by atoms with Gasteiger partial charge < -0.3 is 4.90 Å². The molecule has 0 aliphatic carbocycles. The zero-order valence-electron chi connectivity index (χ0n) is 14.4. The second-order valence-corrected chi connectivity index (χ2v) is 6.23. The van der Waals surface area contributed by atoms with Crippen molar-refractivity contribution in [2.45, 2.75) is 39.5 Å². The maximum Gasteiger partial charge on any atom is 0.222 e. The molecule has 1 heterocycles. The smallest absolute Gasteiger partial charge is 0.222 e. The van der Waals surface area contributed by atoms with Crippen molar-refractivity contribution in [3.63, 3.8) is 0 Å². The molecule has 4 nitrogen and oxygen atoms in total. The van der Waals surface area contributed by atoms with Gasteiger partial charge in [-0.15, -0.1) is 0 Å². The molecule has 2 rings (SSSR count). The Bertz CT molecular complexity index is 517. The fourth-order valence-corrected chi connectivity index (χ4v) is 2.86. The second-order valence-electron chi connectivity index (χ2n) is 6.23. The number of hydrogen-bond acceptors (Lipinski definition) is 3. The summed E-state index contributed by atoms with van der Waals surface area (Å²) in [7, 11) is 0. The van der Waals surface area contributed by atoms with Crippen molar-refractivity contribution in [2.24, 2.45) is 0 Å². The number of piperazine rings is 1. The first-order valence-corrected chi connectivity index (χ1v) is 8.76. The van der Waals surface area contributed by atoms with E-state index in [4.69, 9.17) is 0 Å². The van der Waals surface area contributed by atoms with Gasteiger partial charge >= 0.3 is 0 Å². The van der Waals surface area contributed by atoms with Gasteiger partial charge in [0.15, 0.2) is 5.78 Å². The van der Waals surface area contributed by atoms with E-state index < -0.39 is 0 Å². The minimum absolute atomic E-state index is 0.165. The van der Waals surface area contributed by atoms with Crippen LogP contribution < -0.4 is 0 Å². The third kappa shape index (κ3) is 5.17. The Kier molecular flexibility index (Phi) is 6.78. The van der Waals surface area contributed by atoms with E-state index >= 15 is 0 Å². The summed E-state index contributed by atoms with van der Waals surface area (Å²) >= 11 is 0. The minimum atomic E-state index is 0.165. The monoisotopic (exact) mass is 316 g/mol. The van der Waals surface area contributed by atoms with Crippen LogP contribution in [0.5, 0.6) is 0 Å². The summed E-state index contributed by atoms with van der Waals surface area (Å²) < 4.78 is 0. The van der Waals surface area contributed by atoms with Gasteiger partial charge in [0, 0.05) is 38.2 Å². The molecule has 0 N–H and O–H groups in total. The Morgan fingerprint density at radius 3 is 2.22 bits per heavy atom. The van der Waals surface area contributed by atoms with Crippen LogP contribution >= 0.6 is 0 Å². The zero-order chi connectivity index (χ0) is 16.7. The Hall–Kier alpha value is -1.68. The Labute approximate surface area is 139 Å². The van der Waals surface area contributed by atoms with Crippen molar-refractivity contribution in [1.82, 2.24) is 9.80 Å². The Morgan fingerprint density at radius 2 is 1.65 bits per heavy atom. The normalized spacial score (nSPS) is 15.7. The van der Waals surface area contributed by atoms with Gasteiger partial charge in [-0.1, -0.05) is 44.5 Å². The Balaban J connectivity index is 1.79. The lowest BCUT2D eigenvalue weighted by atomic mass is 10.1. The summed E-state index contributed by atoms with van der Waals surface area (Å²) in [6.45, 7) is 7.72. The topological polar surface area (TPSA) is 40.6 Å². The number of unbranched alkanes of at least 4 members (excludes halogenated alkanes) is 1. The average Bonchev–Trinajstić information content (AvgIpc) is 2.60. The molecular weight excluding hydrogens is 288 g/mol. The predicted octanol–water partition coefficient (Wildman–Crippen LogP) is 2.77. The molecule has 0 unspecified atom stereocenters. The SMILES string of the molecule is CCCCC(=O)N1CCN(CC(=O)c2ccc(CC)cc2)CC1. The van der Waals surface area contributed by atoms with Crippen LogP contribution in [0.4, 0.5) is 0 Å². The highest BCUT2D eigenvalue weighted by atomic mass is 16.2. The van der Waals surface area contributed by atoms with E-state index in [1.807, 2.05) is 29.2 Å². The molecule has 0 spiro atoms. The van der Waals surface area contributed by atoms with E-state index in [-0.39, 0.29) is 11.7 Å². The first kappa shape index (κ1) is 17.7. The van der Waals surface area contributed by atoms with Crippen LogP contribution in [-0.4, -0.2) is 54.2 Å². The van der Waals surface area contributed by atoms with Crippen LogP contribution in [0.3, 0.4) is 0 Å². The number of rotatable bonds is 7. The molecule has 1 amide bonds. The van der Waals surface area contributed by atoms with Crippen molar-refractivity contribution in [1.29, 1.82) is 0 Å². The highest BCUT2D eigenvalue weighted by Gasteiger charge is 2.22. The van der Waals surface area contributed by atoms with Crippen LogP contribution in [-0.2, 0) is 11.2 Å². The number of benzene rings is 1. The summed E-state index contributed by atoms with van der Waals surface area (Å²) in [6.07, 6.45) is 3.66. The first-order valence-electron chi connectivity index (χ1n) is 8.76. The van der Waals surface area contributed by atoms with Gasteiger partial charge in [-0.05, 0) is 18.4 Å². The van der Waals surface area contributed by atoms with Crippen molar-refractivity contribution in [3.8, 4) is 0 Å². The largest absolute Gasteiger partial charge is 0.340 e. The van der Waals surface area contributed by atoms with Crippen molar-refractivity contribution < 1.29 is 9.59 Å². The van der Waals surface area contributed by atoms with Gasteiger partial charge in [0.1, 0.15) is 0 Å². The lowest BCUT2D eigenvalue weighted by Gasteiger charge is -2.34. The molecule has 0 bridgehead atoms. The van der Waals surface area contributed by atoms with Crippen LogP contribution in [0.1, 0.15) is 49.0 Å². The average molecular weight is 316 g/mol. The molecule has 1 aromatic rings.